The summed E-state index contributed by atoms with van der Waals surface area (Å²) in [5.41, 5.74) is 3.86. The molecule has 0 fully saturated rings. The van der Waals surface area contributed by atoms with Crippen molar-refractivity contribution in [3.05, 3.63) is 98.0 Å². The van der Waals surface area contributed by atoms with Crippen molar-refractivity contribution in [3.63, 3.8) is 0 Å². The number of amides is 2. The van der Waals surface area contributed by atoms with E-state index in [-0.39, 0.29) is 34.6 Å². The molecule has 0 saturated heterocycles. The lowest BCUT2D eigenvalue weighted by Crippen LogP contribution is -2.35. The number of carbonyl (C=O) groups excluding carboxylic acids is 2. The Morgan fingerprint density at radius 3 is 2.02 bits per heavy atom. The maximum atomic E-state index is 12.3. The van der Waals surface area contributed by atoms with E-state index in [1.54, 1.807) is 17.4 Å². The summed E-state index contributed by atoms with van der Waals surface area (Å²) >= 11 is 11.8. The van der Waals surface area contributed by atoms with Crippen LogP contribution in [-0.4, -0.2) is 102 Å². The van der Waals surface area contributed by atoms with Gasteiger partial charge in [-0.15, -0.1) is 0 Å². The molecule has 4 rings (SSSR count). The average molecular weight is 978 g/mol. The molecule has 2 atom stereocenters. The SMILES string of the molecule is COC(=O)c1cc(Oc2ccc(Cl)cc2Cl)ccc1[N+](=O)[O-].CP(=O)(O)CCC(N)C(=O)O.O=C(Nc1nc(OC(F)F)cc(OC(F)F)n1)NS(=O)(=O)c1ccccc1C(=O)O. The molecule has 22 nitrogen and oxygen atoms in total. The number of halogens is 6. The minimum absolute atomic E-state index is 0.0412. The number of hydrogen-bond donors (Lipinski definition) is 6. The third kappa shape index (κ3) is 18.2. The number of esters is 1. The highest BCUT2D eigenvalue weighted by molar-refractivity contribution is 7.90. The lowest BCUT2D eigenvalue weighted by Gasteiger charge is -2.11. The van der Waals surface area contributed by atoms with Gasteiger partial charge in [0.1, 0.15) is 28.0 Å². The highest BCUT2D eigenvalue weighted by Gasteiger charge is 2.26. The zero-order valence-corrected chi connectivity index (χ0v) is 34.9. The Balaban J connectivity index is 0.000000361. The largest absolute Gasteiger partial charge is 0.480 e. The van der Waals surface area contributed by atoms with Crippen molar-refractivity contribution in [3.8, 4) is 23.3 Å². The van der Waals surface area contributed by atoms with Crippen LogP contribution in [0.1, 0.15) is 27.1 Å². The number of anilines is 1. The van der Waals surface area contributed by atoms with E-state index in [0.717, 1.165) is 25.3 Å². The van der Waals surface area contributed by atoms with Gasteiger partial charge in [-0.3, -0.25) is 24.8 Å². The van der Waals surface area contributed by atoms with Crippen LogP contribution in [0, 0.1) is 10.1 Å². The zero-order valence-electron chi connectivity index (χ0n) is 31.7. The number of nitro groups is 1. The second-order valence-corrected chi connectivity index (χ2v) is 16.6. The molecule has 30 heteroatoms. The number of rotatable bonds is 16. The van der Waals surface area contributed by atoms with Crippen LogP contribution >= 0.6 is 30.6 Å². The van der Waals surface area contributed by atoms with E-state index in [0.29, 0.717) is 16.8 Å². The summed E-state index contributed by atoms with van der Waals surface area (Å²) in [6.07, 6.45) is 0.0000772. The first-order chi connectivity index (χ1) is 29.2. The molecular formula is C33H31Cl2F4N6O16PS. The Hall–Kier alpha value is -6.38. The molecule has 0 bridgehead atoms. The fourth-order valence-corrected chi connectivity index (χ4v) is 6.46. The first kappa shape index (κ1) is 52.8. The summed E-state index contributed by atoms with van der Waals surface area (Å²) in [5, 5.41) is 30.7. The molecule has 0 spiro atoms. The minimum atomic E-state index is -4.71. The van der Waals surface area contributed by atoms with Gasteiger partial charge in [0.05, 0.1) is 28.7 Å². The predicted octanol–water partition coefficient (Wildman–Crippen LogP) is 6.06. The quantitative estimate of drug-likeness (QED) is 0.0244. The van der Waals surface area contributed by atoms with Gasteiger partial charge in [0.15, 0.2) is 7.37 Å². The summed E-state index contributed by atoms with van der Waals surface area (Å²) in [5.74, 6) is -5.92. The van der Waals surface area contributed by atoms with Crippen LogP contribution < -0.4 is 30.0 Å². The van der Waals surface area contributed by atoms with Crippen molar-refractivity contribution in [2.75, 3.05) is 25.3 Å². The Kier molecular flexibility index (Phi) is 19.9. The number of carbonyl (C=O) groups is 4. The molecule has 4 aromatic rings. The molecule has 1 aromatic heterocycles. The number of benzene rings is 3. The number of nitrogens with two attached hydrogens (primary N) is 1. The molecule has 0 aliphatic rings. The maximum absolute atomic E-state index is 12.3. The molecule has 1 heterocycles. The number of nitrogens with zero attached hydrogens (tertiary/aromatic N) is 3. The van der Waals surface area contributed by atoms with Crippen LogP contribution in [0.4, 0.5) is 34.0 Å². The molecule has 2 unspecified atom stereocenters. The number of hydrogen-bond acceptors (Lipinski definition) is 16. The van der Waals surface area contributed by atoms with Crippen LogP contribution in [-0.2, 0) is 24.1 Å². The lowest BCUT2D eigenvalue weighted by atomic mass is 10.1. The summed E-state index contributed by atoms with van der Waals surface area (Å²) in [4.78, 5) is 69.6. The van der Waals surface area contributed by atoms with Crippen molar-refractivity contribution in [2.24, 2.45) is 5.73 Å². The van der Waals surface area contributed by atoms with E-state index in [9.17, 15) is 59.8 Å². The Bertz CT molecular complexity index is 2440. The molecule has 2 amide bonds. The first-order valence-corrected chi connectivity index (χ1v) is 21.0. The Morgan fingerprint density at radius 2 is 1.52 bits per heavy atom. The fraction of sp³-hybridized carbons (Fsp3) is 0.212. The van der Waals surface area contributed by atoms with E-state index < -0.39 is 93.7 Å². The predicted molar refractivity (Wildman–Crippen MR) is 210 cm³/mol. The second kappa shape index (κ2) is 23.7. The monoisotopic (exact) mass is 976 g/mol. The lowest BCUT2D eigenvalue weighted by molar-refractivity contribution is -0.385. The van der Waals surface area contributed by atoms with Crippen molar-refractivity contribution in [1.29, 1.82) is 0 Å². The third-order valence-electron chi connectivity index (χ3n) is 6.82. The fourth-order valence-electron chi connectivity index (χ4n) is 4.14. The van der Waals surface area contributed by atoms with Crippen LogP contribution in [0.3, 0.4) is 0 Å². The topological polar surface area (TPSA) is 336 Å². The number of sulfonamides is 1. The molecule has 0 aliphatic heterocycles. The highest BCUT2D eigenvalue weighted by Crippen LogP contribution is 2.36. The number of aliphatic carboxylic acids is 1. The van der Waals surface area contributed by atoms with Gasteiger partial charge in [-0.1, -0.05) is 35.3 Å². The molecule has 3 aromatic carbocycles. The van der Waals surface area contributed by atoms with Gasteiger partial charge in [0, 0.05) is 30.0 Å². The number of carboxylic acid groups (broad SMARTS) is 2. The minimum Gasteiger partial charge on any atom is -0.480 e. The van der Waals surface area contributed by atoms with Gasteiger partial charge in [-0.25, -0.2) is 27.5 Å². The normalized spacial score (nSPS) is 12.2. The molecule has 0 radical (unpaired) electrons. The number of nitro benzene ring substituents is 1. The van der Waals surface area contributed by atoms with E-state index in [1.807, 2.05) is 0 Å². The van der Waals surface area contributed by atoms with Crippen molar-refractivity contribution in [1.82, 2.24) is 14.7 Å². The number of nitrogens with one attached hydrogen (secondary N) is 2. The summed E-state index contributed by atoms with van der Waals surface area (Å²) < 4.78 is 104. The van der Waals surface area contributed by atoms with Gasteiger partial charge >= 0.3 is 37.2 Å². The van der Waals surface area contributed by atoms with E-state index in [1.165, 1.54) is 41.7 Å². The molecule has 342 valence electrons. The highest BCUT2D eigenvalue weighted by atomic mass is 35.5. The molecule has 7 N–H and O–H groups in total. The smallest absolute Gasteiger partial charge is 0.388 e. The number of aromatic nitrogens is 2. The van der Waals surface area contributed by atoms with Gasteiger partial charge < -0.3 is 39.8 Å². The second-order valence-electron chi connectivity index (χ2n) is 11.6. The standard InChI is InChI=1S/C14H9Cl2NO5.C14H10F4N4O7S.C5H12NO4P/c1-21-14(18)10-7-9(3-4-12(10)17(19)20)22-13-5-2-8(15)6-11(13)16;15-11(16)28-8-5-9(29-12(17)18)20-13(19-8)21-14(25)22-30(26,27)7-4-2-1-3-6(7)10(23)24;1-11(9,10)3-2-4(6)5(7)8/h2-7H,1H3;1-5,11-12H,(H,23,24)(H2,19,20,21,22,25);4H,2-3,6H2,1H3,(H,7,8)(H,9,10). The van der Waals surface area contributed by atoms with Crippen molar-refractivity contribution in [2.45, 2.75) is 30.6 Å². The number of carboxylic acids is 2. The molecule has 0 aliphatic carbocycles. The number of urea groups is 1. The number of alkyl halides is 4. The summed E-state index contributed by atoms with van der Waals surface area (Å²) in [6, 6.07) is 10.5. The molecule has 63 heavy (non-hydrogen) atoms. The number of methoxy groups -OCH3 is 1. The average Bonchev–Trinajstić information content (AvgIpc) is 3.16. The van der Waals surface area contributed by atoms with Crippen molar-refractivity contribution < 1.29 is 88.7 Å². The first-order valence-electron chi connectivity index (χ1n) is 16.4. The van der Waals surface area contributed by atoms with Crippen molar-refractivity contribution >= 4 is 76.2 Å². The molecular weight excluding hydrogens is 946 g/mol. The van der Waals surface area contributed by atoms with Crippen LogP contribution in [0.25, 0.3) is 0 Å². The number of ether oxygens (including phenoxy) is 4. The van der Waals surface area contributed by atoms with Gasteiger partial charge in [0.25, 0.3) is 15.7 Å². The Morgan fingerprint density at radius 1 is 0.937 bits per heavy atom. The number of aromatic carboxylic acids is 1. The van der Waals surface area contributed by atoms with Gasteiger partial charge in [-0.2, -0.15) is 27.5 Å². The van der Waals surface area contributed by atoms with E-state index >= 15 is 0 Å². The maximum Gasteiger partial charge on any atom is 0.388 e. The van der Waals surface area contributed by atoms with Crippen LogP contribution in [0.2, 0.25) is 10.0 Å². The van der Waals surface area contributed by atoms with Gasteiger partial charge in [-0.05, 0) is 42.8 Å². The summed E-state index contributed by atoms with van der Waals surface area (Å²) in [7, 11) is -6.68. The zero-order chi connectivity index (χ0) is 47.8. The summed E-state index contributed by atoms with van der Waals surface area (Å²) in [6.45, 7) is -5.63. The van der Waals surface area contributed by atoms with Gasteiger partial charge in [0.2, 0.25) is 17.7 Å². The molecule has 0 saturated carbocycles. The van der Waals surface area contributed by atoms with Crippen LogP contribution in [0.5, 0.6) is 23.3 Å². The third-order valence-corrected chi connectivity index (χ3v) is 9.83. The Labute approximate surface area is 361 Å². The van der Waals surface area contributed by atoms with Crippen LogP contribution in [0.15, 0.2) is 71.6 Å². The van der Waals surface area contributed by atoms with E-state index in [2.05, 4.69) is 24.2 Å². The van der Waals surface area contributed by atoms with E-state index in [4.69, 9.17) is 48.8 Å².